The Kier molecular flexibility index (Phi) is 7.92. The lowest BCUT2D eigenvalue weighted by atomic mass is 10.1. The fourth-order valence-electron chi connectivity index (χ4n) is 3.73. The second kappa shape index (κ2) is 10.5. The number of benzene rings is 2. The number of hydrogen-bond acceptors (Lipinski definition) is 5. The average molecular weight is 460 g/mol. The molecule has 1 saturated heterocycles. The standard InChI is InChI=1S/C24H33N3O4S/c1-19-5-10-23(17-20(19)2)32(29,30)25(3)18-24(28)27-15-13-26(14-16-27)12-11-21-6-8-22(31-4)9-7-21/h5-10,17H,11-16,18H2,1-4H3. The number of sulfonamides is 1. The maximum Gasteiger partial charge on any atom is 0.243 e. The van der Waals surface area contributed by atoms with Crippen molar-refractivity contribution in [3.05, 3.63) is 59.2 Å². The van der Waals surface area contributed by atoms with Gasteiger partial charge in [0.2, 0.25) is 15.9 Å². The molecule has 7 nitrogen and oxygen atoms in total. The molecule has 0 aliphatic carbocycles. The first-order valence-corrected chi connectivity index (χ1v) is 12.3. The molecule has 1 fully saturated rings. The second-order valence-electron chi connectivity index (χ2n) is 8.33. The zero-order chi connectivity index (χ0) is 23.3. The maximum absolute atomic E-state index is 12.9. The van der Waals surface area contributed by atoms with Crippen molar-refractivity contribution in [1.29, 1.82) is 0 Å². The van der Waals surface area contributed by atoms with Crippen molar-refractivity contribution in [2.24, 2.45) is 0 Å². The zero-order valence-electron chi connectivity index (χ0n) is 19.4. The first-order chi connectivity index (χ1) is 15.2. The highest BCUT2D eigenvalue weighted by Gasteiger charge is 2.27. The van der Waals surface area contributed by atoms with Gasteiger partial charge in [-0.2, -0.15) is 4.31 Å². The van der Waals surface area contributed by atoms with Crippen molar-refractivity contribution >= 4 is 15.9 Å². The molecule has 0 N–H and O–H groups in total. The third-order valence-electron chi connectivity index (χ3n) is 6.15. The molecule has 32 heavy (non-hydrogen) atoms. The number of piperazine rings is 1. The van der Waals surface area contributed by atoms with E-state index >= 15 is 0 Å². The van der Waals surface area contributed by atoms with E-state index in [0.717, 1.165) is 47.2 Å². The molecule has 0 aromatic heterocycles. The Morgan fingerprint density at radius 2 is 1.66 bits per heavy atom. The number of nitrogens with zero attached hydrogens (tertiary/aromatic N) is 3. The highest BCUT2D eigenvalue weighted by atomic mass is 32.2. The Hall–Kier alpha value is -2.42. The summed E-state index contributed by atoms with van der Waals surface area (Å²) >= 11 is 0. The Bertz CT molecular complexity index is 1030. The molecule has 0 saturated carbocycles. The fraction of sp³-hybridized carbons (Fsp3) is 0.458. The molecule has 0 radical (unpaired) electrons. The summed E-state index contributed by atoms with van der Waals surface area (Å²) in [5, 5.41) is 0. The Labute approximate surface area is 191 Å². The maximum atomic E-state index is 12.9. The monoisotopic (exact) mass is 459 g/mol. The molecular formula is C24H33N3O4S. The van der Waals surface area contributed by atoms with E-state index in [1.54, 1.807) is 30.2 Å². The van der Waals surface area contributed by atoms with Gasteiger partial charge >= 0.3 is 0 Å². The van der Waals surface area contributed by atoms with Crippen LogP contribution in [-0.2, 0) is 21.2 Å². The van der Waals surface area contributed by atoms with Crippen molar-refractivity contribution in [3.63, 3.8) is 0 Å². The van der Waals surface area contributed by atoms with E-state index in [4.69, 9.17) is 4.74 Å². The van der Waals surface area contributed by atoms with Gasteiger partial charge in [0.15, 0.2) is 0 Å². The number of methoxy groups -OCH3 is 1. The first kappa shape index (κ1) is 24.2. The van der Waals surface area contributed by atoms with Crippen LogP contribution in [0.1, 0.15) is 16.7 Å². The number of likely N-dealkylation sites (N-methyl/N-ethyl adjacent to an activating group) is 1. The number of rotatable bonds is 8. The number of hydrogen-bond donors (Lipinski definition) is 0. The van der Waals surface area contributed by atoms with Gasteiger partial charge < -0.3 is 9.64 Å². The smallest absolute Gasteiger partial charge is 0.243 e. The van der Waals surface area contributed by atoms with E-state index in [1.165, 1.54) is 12.6 Å². The minimum atomic E-state index is -3.70. The number of aryl methyl sites for hydroxylation is 2. The first-order valence-electron chi connectivity index (χ1n) is 10.9. The lowest BCUT2D eigenvalue weighted by Crippen LogP contribution is -2.51. The molecule has 0 spiro atoms. The number of carbonyl (C=O) groups is 1. The zero-order valence-corrected chi connectivity index (χ0v) is 20.2. The molecule has 3 rings (SSSR count). The van der Waals surface area contributed by atoms with Crippen LogP contribution in [-0.4, -0.2) is 81.9 Å². The van der Waals surface area contributed by atoms with Gasteiger partial charge in [0.05, 0.1) is 18.6 Å². The van der Waals surface area contributed by atoms with Crippen LogP contribution < -0.4 is 4.74 Å². The topological polar surface area (TPSA) is 70.2 Å². The van der Waals surface area contributed by atoms with Crippen molar-refractivity contribution in [2.45, 2.75) is 25.2 Å². The summed E-state index contributed by atoms with van der Waals surface area (Å²) in [4.78, 5) is 17.1. The fourth-order valence-corrected chi connectivity index (χ4v) is 4.94. The molecular weight excluding hydrogens is 426 g/mol. The van der Waals surface area contributed by atoms with E-state index in [9.17, 15) is 13.2 Å². The molecule has 1 amide bonds. The van der Waals surface area contributed by atoms with Crippen LogP contribution >= 0.6 is 0 Å². The van der Waals surface area contributed by atoms with Crippen LogP contribution in [0.5, 0.6) is 5.75 Å². The van der Waals surface area contributed by atoms with Crippen molar-refractivity contribution in [2.75, 3.05) is 53.4 Å². The van der Waals surface area contributed by atoms with Gasteiger partial charge in [-0.05, 0) is 61.2 Å². The van der Waals surface area contributed by atoms with Crippen LogP contribution in [0.2, 0.25) is 0 Å². The van der Waals surface area contributed by atoms with Gasteiger partial charge in [-0.1, -0.05) is 18.2 Å². The van der Waals surface area contributed by atoms with Gasteiger partial charge in [0.25, 0.3) is 0 Å². The van der Waals surface area contributed by atoms with E-state index in [0.29, 0.717) is 13.1 Å². The van der Waals surface area contributed by atoms with Crippen molar-refractivity contribution < 1.29 is 17.9 Å². The molecule has 0 atom stereocenters. The van der Waals surface area contributed by atoms with Gasteiger partial charge in [-0.15, -0.1) is 0 Å². The predicted molar refractivity (Wildman–Crippen MR) is 125 cm³/mol. The van der Waals surface area contributed by atoms with Crippen LogP contribution in [0.15, 0.2) is 47.4 Å². The van der Waals surface area contributed by atoms with Crippen LogP contribution in [0.4, 0.5) is 0 Å². The van der Waals surface area contributed by atoms with Crippen LogP contribution in [0.3, 0.4) is 0 Å². The normalized spacial score (nSPS) is 15.2. The molecule has 0 unspecified atom stereocenters. The van der Waals surface area contributed by atoms with Crippen molar-refractivity contribution in [3.8, 4) is 5.75 Å². The largest absolute Gasteiger partial charge is 0.497 e. The number of ether oxygens (including phenoxy) is 1. The lowest BCUT2D eigenvalue weighted by Gasteiger charge is -2.35. The summed E-state index contributed by atoms with van der Waals surface area (Å²) in [5.74, 6) is 0.695. The molecule has 174 valence electrons. The van der Waals surface area contributed by atoms with E-state index in [-0.39, 0.29) is 17.3 Å². The van der Waals surface area contributed by atoms with Crippen LogP contribution in [0, 0.1) is 13.8 Å². The average Bonchev–Trinajstić information content (AvgIpc) is 2.80. The highest BCUT2D eigenvalue weighted by Crippen LogP contribution is 2.18. The minimum Gasteiger partial charge on any atom is -0.497 e. The molecule has 2 aromatic carbocycles. The lowest BCUT2D eigenvalue weighted by molar-refractivity contribution is -0.132. The summed E-state index contributed by atoms with van der Waals surface area (Å²) in [5.41, 5.74) is 3.20. The quantitative estimate of drug-likeness (QED) is 0.606. The predicted octanol–water partition coefficient (Wildman–Crippen LogP) is 2.32. The Balaban J connectivity index is 1.48. The highest BCUT2D eigenvalue weighted by molar-refractivity contribution is 7.89. The van der Waals surface area contributed by atoms with Crippen molar-refractivity contribution in [1.82, 2.24) is 14.1 Å². The van der Waals surface area contributed by atoms with E-state index in [2.05, 4.69) is 17.0 Å². The van der Waals surface area contributed by atoms with E-state index in [1.807, 2.05) is 26.0 Å². The molecule has 8 heteroatoms. The number of carbonyl (C=O) groups excluding carboxylic acids is 1. The van der Waals surface area contributed by atoms with E-state index < -0.39 is 10.0 Å². The molecule has 1 aliphatic rings. The molecule has 1 aliphatic heterocycles. The van der Waals surface area contributed by atoms with Crippen LogP contribution in [0.25, 0.3) is 0 Å². The molecule has 0 bridgehead atoms. The molecule has 1 heterocycles. The SMILES string of the molecule is COc1ccc(CCN2CCN(C(=O)CN(C)S(=O)(=O)c3ccc(C)c(C)c3)CC2)cc1. The summed E-state index contributed by atoms with van der Waals surface area (Å²) in [6, 6.07) is 13.1. The second-order valence-corrected chi connectivity index (χ2v) is 10.4. The van der Waals surface area contributed by atoms with Gasteiger partial charge in [-0.3, -0.25) is 9.69 Å². The third kappa shape index (κ3) is 5.88. The summed E-state index contributed by atoms with van der Waals surface area (Å²) in [6.07, 6.45) is 0.939. The summed E-state index contributed by atoms with van der Waals surface area (Å²) in [7, 11) is -0.576. The summed E-state index contributed by atoms with van der Waals surface area (Å²) < 4.78 is 32.1. The molecule has 2 aromatic rings. The van der Waals surface area contributed by atoms with Gasteiger partial charge in [-0.25, -0.2) is 8.42 Å². The third-order valence-corrected chi connectivity index (χ3v) is 7.94. The minimum absolute atomic E-state index is 0.152. The summed E-state index contributed by atoms with van der Waals surface area (Å²) in [6.45, 7) is 7.39. The van der Waals surface area contributed by atoms with Gasteiger partial charge in [0.1, 0.15) is 5.75 Å². The number of amides is 1. The Morgan fingerprint density at radius 1 is 1.00 bits per heavy atom. The Morgan fingerprint density at radius 3 is 2.25 bits per heavy atom. The van der Waals surface area contributed by atoms with Gasteiger partial charge in [0, 0.05) is 39.8 Å².